The van der Waals surface area contributed by atoms with Crippen LogP contribution >= 0.6 is 11.8 Å². The molecule has 1 aliphatic rings. The van der Waals surface area contributed by atoms with E-state index in [0.717, 1.165) is 0 Å². The van der Waals surface area contributed by atoms with Gasteiger partial charge in [0.2, 0.25) is 0 Å². The quantitative estimate of drug-likeness (QED) is 0.761. The van der Waals surface area contributed by atoms with Crippen molar-refractivity contribution in [2.75, 3.05) is 12.9 Å². The summed E-state index contributed by atoms with van der Waals surface area (Å²) in [6.45, 7) is 0. The van der Waals surface area contributed by atoms with Crippen molar-refractivity contribution in [3.8, 4) is 5.75 Å². The van der Waals surface area contributed by atoms with Crippen LogP contribution in [-0.4, -0.2) is 23.9 Å². The molecule has 0 spiro atoms. The number of carbonyl (C=O) groups excluding carboxylic acids is 1. The largest absolute Gasteiger partial charge is 0.494 e. The van der Waals surface area contributed by atoms with E-state index in [4.69, 9.17) is 4.74 Å². The van der Waals surface area contributed by atoms with Crippen molar-refractivity contribution in [3.63, 3.8) is 0 Å². The van der Waals surface area contributed by atoms with Gasteiger partial charge in [-0.3, -0.25) is 4.79 Å². The molecule has 1 saturated carbocycles. The third kappa shape index (κ3) is 3.72. The second-order valence-corrected chi connectivity index (χ2v) is 6.10. The zero-order valence-electron chi connectivity index (χ0n) is 11.2. The Balaban J connectivity index is 1.95. The lowest BCUT2D eigenvalue weighted by molar-refractivity contribution is 0.101. The number of methoxy groups -OCH3 is 1. The van der Waals surface area contributed by atoms with E-state index in [1.54, 1.807) is 17.8 Å². The molecule has 0 amide bonds. The second-order valence-electron chi connectivity index (χ2n) is 4.82. The highest BCUT2D eigenvalue weighted by molar-refractivity contribution is 8.00. The van der Waals surface area contributed by atoms with Crippen LogP contribution in [0, 0.1) is 5.82 Å². The smallest absolute Gasteiger partial charge is 0.175 e. The average molecular weight is 282 g/mol. The zero-order valence-corrected chi connectivity index (χ0v) is 12.0. The summed E-state index contributed by atoms with van der Waals surface area (Å²) in [7, 11) is 1.41. The molecule has 2 rings (SSSR count). The number of thioether (sulfide) groups is 1. The molecule has 0 unspecified atom stereocenters. The second kappa shape index (κ2) is 6.94. The van der Waals surface area contributed by atoms with Crippen LogP contribution in [0.25, 0.3) is 0 Å². The van der Waals surface area contributed by atoms with Crippen LogP contribution in [0.3, 0.4) is 0 Å². The summed E-state index contributed by atoms with van der Waals surface area (Å²) >= 11 is 1.67. The topological polar surface area (TPSA) is 26.3 Å². The minimum absolute atomic E-state index is 0.133. The number of benzene rings is 1. The molecule has 4 heteroatoms. The molecule has 0 N–H and O–H groups in total. The molecule has 0 saturated heterocycles. The molecule has 0 aliphatic heterocycles. The van der Waals surface area contributed by atoms with Gasteiger partial charge >= 0.3 is 0 Å². The first-order valence-electron chi connectivity index (χ1n) is 6.69. The molecule has 0 bridgehead atoms. The van der Waals surface area contributed by atoms with Gasteiger partial charge in [-0.05, 0) is 25.0 Å². The van der Waals surface area contributed by atoms with E-state index in [0.29, 0.717) is 11.0 Å². The van der Waals surface area contributed by atoms with Crippen molar-refractivity contribution < 1.29 is 13.9 Å². The maximum absolute atomic E-state index is 13.9. The van der Waals surface area contributed by atoms with E-state index in [1.807, 2.05) is 0 Å². The molecule has 0 heterocycles. The lowest BCUT2D eigenvalue weighted by atomic mass is 10.0. The monoisotopic (exact) mass is 282 g/mol. The lowest BCUT2D eigenvalue weighted by Crippen LogP contribution is -2.13. The van der Waals surface area contributed by atoms with Gasteiger partial charge in [-0.2, -0.15) is 11.8 Å². The van der Waals surface area contributed by atoms with E-state index >= 15 is 0 Å². The summed E-state index contributed by atoms with van der Waals surface area (Å²) in [6.07, 6.45) is 6.16. The van der Waals surface area contributed by atoms with Gasteiger partial charge in [0.25, 0.3) is 0 Å². The number of hydrogen-bond donors (Lipinski definition) is 0. The molecule has 1 aliphatic carbocycles. The van der Waals surface area contributed by atoms with Crippen molar-refractivity contribution in [3.05, 3.63) is 29.6 Å². The standard InChI is InChI=1S/C15H19FO2S/c1-18-14-9-5-8-12(15(14)16)13(17)10-19-11-6-3-2-4-7-11/h5,8-9,11H,2-4,6-7,10H2,1H3. The fourth-order valence-corrected chi connectivity index (χ4v) is 3.60. The SMILES string of the molecule is COc1cccc(C(=O)CSC2CCCCC2)c1F. The molecule has 2 nitrogen and oxygen atoms in total. The van der Waals surface area contributed by atoms with Gasteiger partial charge in [-0.25, -0.2) is 4.39 Å². The van der Waals surface area contributed by atoms with Gasteiger partial charge in [0.05, 0.1) is 18.4 Å². The number of halogens is 1. The van der Waals surface area contributed by atoms with Gasteiger partial charge in [-0.1, -0.05) is 25.3 Å². The molecular formula is C15H19FO2S. The van der Waals surface area contributed by atoms with Crippen LogP contribution in [0.15, 0.2) is 18.2 Å². The van der Waals surface area contributed by atoms with Crippen molar-refractivity contribution in [1.29, 1.82) is 0 Å². The summed E-state index contributed by atoms with van der Waals surface area (Å²) in [4.78, 5) is 12.1. The average Bonchev–Trinajstić information content (AvgIpc) is 2.46. The fourth-order valence-electron chi connectivity index (χ4n) is 2.39. The number of hydrogen-bond acceptors (Lipinski definition) is 3. The van der Waals surface area contributed by atoms with Crippen LogP contribution < -0.4 is 4.74 Å². The fraction of sp³-hybridized carbons (Fsp3) is 0.533. The minimum Gasteiger partial charge on any atom is -0.494 e. The molecule has 0 atom stereocenters. The summed E-state index contributed by atoms with van der Waals surface area (Å²) < 4.78 is 18.8. The van der Waals surface area contributed by atoms with Gasteiger partial charge < -0.3 is 4.74 Å². The molecule has 104 valence electrons. The summed E-state index contributed by atoms with van der Waals surface area (Å²) in [5.74, 6) is -0.200. The Morgan fingerprint density at radius 3 is 2.79 bits per heavy atom. The summed E-state index contributed by atoms with van der Waals surface area (Å²) in [6, 6.07) is 4.71. The molecule has 1 fully saturated rings. The van der Waals surface area contributed by atoms with Crippen molar-refractivity contribution in [2.24, 2.45) is 0 Å². The Morgan fingerprint density at radius 2 is 2.11 bits per heavy atom. The lowest BCUT2D eigenvalue weighted by Gasteiger charge is -2.20. The van der Waals surface area contributed by atoms with Crippen LogP contribution in [0.1, 0.15) is 42.5 Å². The third-order valence-electron chi connectivity index (χ3n) is 3.49. The maximum Gasteiger partial charge on any atom is 0.175 e. The zero-order chi connectivity index (χ0) is 13.7. The van der Waals surface area contributed by atoms with Gasteiger partial charge in [0.1, 0.15) is 0 Å². The van der Waals surface area contributed by atoms with E-state index in [1.165, 1.54) is 51.3 Å². The minimum atomic E-state index is -0.542. The highest BCUT2D eigenvalue weighted by atomic mass is 32.2. The Morgan fingerprint density at radius 1 is 1.37 bits per heavy atom. The Kier molecular flexibility index (Phi) is 5.25. The predicted molar refractivity (Wildman–Crippen MR) is 76.6 cm³/mol. The number of ketones is 1. The van der Waals surface area contributed by atoms with Crippen LogP contribution in [0.4, 0.5) is 4.39 Å². The molecule has 1 aromatic rings. The normalized spacial score (nSPS) is 16.3. The molecule has 19 heavy (non-hydrogen) atoms. The summed E-state index contributed by atoms with van der Waals surface area (Å²) in [5.41, 5.74) is 0.141. The Bertz CT molecular complexity index is 442. The maximum atomic E-state index is 13.9. The van der Waals surface area contributed by atoms with Gasteiger partial charge in [-0.15, -0.1) is 0 Å². The number of rotatable bonds is 5. The third-order valence-corrected chi connectivity index (χ3v) is 4.86. The number of carbonyl (C=O) groups is 1. The Labute approximate surface area is 117 Å². The van der Waals surface area contributed by atoms with Gasteiger partial charge in [0.15, 0.2) is 17.3 Å². The van der Waals surface area contributed by atoms with E-state index in [9.17, 15) is 9.18 Å². The summed E-state index contributed by atoms with van der Waals surface area (Å²) in [5, 5.41) is 0.561. The predicted octanol–water partition coefficient (Wildman–Crippen LogP) is 4.08. The highest BCUT2D eigenvalue weighted by Crippen LogP contribution is 2.29. The van der Waals surface area contributed by atoms with E-state index in [-0.39, 0.29) is 17.1 Å². The van der Waals surface area contributed by atoms with Crippen LogP contribution in [0.5, 0.6) is 5.75 Å². The van der Waals surface area contributed by atoms with Crippen molar-refractivity contribution in [1.82, 2.24) is 0 Å². The van der Waals surface area contributed by atoms with Crippen molar-refractivity contribution in [2.45, 2.75) is 37.4 Å². The highest BCUT2D eigenvalue weighted by Gasteiger charge is 2.19. The molecule has 0 aromatic heterocycles. The first-order valence-corrected chi connectivity index (χ1v) is 7.74. The number of ether oxygens (including phenoxy) is 1. The molecule has 0 radical (unpaired) electrons. The van der Waals surface area contributed by atoms with E-state index < -0.39 is 5.82 Å². The molecule has 1 aromatic carbocycles. The van der Waals surface area contributed by atoms with Crippen LogP contribution in [0.2, 0.25) is 0 Å². The Hall–Kier alpha value is -1.03. The van der Waals surface area contributed by atoms with Crippen molar-refractivity contribution >= 4 is 17.5 Å². The molecular weight excluding hydrogens is 263 g/mol. The first-order chi connectivity index (χ1) is 9.22. The van der Waals surface area contributed by atoms with Crippen LogP contribution in [-0.2, 0) is 0 Å². The first kappa shape index (κ1) is 14.4. The van der Waals surface area contributed by atoms with Gasteiger partial charge in [0, 0.05) is 5.25 Å². The number of Topliss-reactive ketones (excluding diaryl/α,β-unsaturated/α-hetero) is 1. The van der Waals surface area contributed by atoms with E-state index in [2.05, 4.69) is 0 Å².